The van der Waals surface area contributed by atoms with E-state index in [9.17, 15) is 0 Å². The first-order valence-electron chi connectivity index (χ1n) is 7.93. The molecule has 1 unspecified atom stereocenters. The standard InChI is InChI=1S/C18H20N4O/c1-23-16-7-5-14(6-8-16)12-15-4-2-3-11-22(15)18-9-10-20-17(13-19)21-18/h5-10,15H,2-4,11-12H2,1H3. The van der Waals surface area contributed by atoms with Gasteiger partial charge in [-0.15, -0.1) is 0 Å². The Morgan fingerprint density at radius 3 is 2.83 bits per heavy atom. The summed E-state index contributed by atoms with van der Waals surface area (Å²) in [6.45, 7) is 0.975. The number of piperidine rings is 1. The van der Waals surface area contributed by atoms with Gasteiger partial charge in [0.15, 0.2) is 0 Å². The Hall–Kier alpha value is -2.61. The first kappa shape index (κ1) is 15.3. The zero-order chi connectivity index (χ0) is 16.1. The van der Waals surface area contributed by atoms with Gasteiger partial charge in [0.25, 0.3) is 0 Å². The normalized spacial score (nSPS) is 17.6. The predicted octanol–water partition coefficient (Wildman–Crippen LogP) is 2.96. The molecule has 0 bridgehead atoms. The fourth-order valence-corrected chi connectivity index (χ4v) is 3.11. The summed E-state index contributed by atoms with van der Waals surface area (Å²) >= 11 is 0. The van der Waals surface area contributed by atoms with Crippen molar-refractivity contribution >= 4 is 5.82 Å². The second-order valence-corrected chi connectivity index (χ2v) is 5.75. The zero-order valence-electron chi connectivity index (χ0n) is 13.3. The second kappa shape index (κ2) is 7.10. The van der Waals surface area contributed by atoms with Crippen LogP contribution in [0.25, 0.3) is 0 Å². The van der Waals surface area contributed by atoms with E-state index in [2.05, 4.69) is 27.0 Å². The van der Waals surface area contributed by atoms with Crippen LogP contribution >= 0.6 is 0 Å². The van der Waals surface area contributed by atoms with Gasteiger partial charge in [0.2, 0.25) is 5.82 Å². The van der Waals surface area contributed by atoms with Crippen LogP contribution in [0.2, 0.25) is 0 Å². The quantitative estimate of drug-likeness (QED) is 0.869. The molecule has 5 nitrogen and oxygen atoms in total. The number of methoxy groups -OCH3 is 1. The molecular weight excluding hydrogens is 288 g/mol. The molecule has 1 aromatic heterocycles. The van der Waals surface area contributed by atoms with E-state index in [-0.39, 0.29) is 5.82 Å². The van der Waals surface area contributed by atoms with Crippen LogP contribution in [-0.4, -0.2) is 29.7 Å². The summed E-state index contributed by atoms with van der Waals surface area (Å²) in [6.07, 6.45) is 6.16. The molecule has 1 aliphatic heterocycles. The molecule has 0 radical (unpaired) electrons. The predicted molar refractivity (Wildman–Crippen MR) is 88.4 cm³/mol. The van der Waals surface area contributed by atoms with E-state index in [4.69, 9.17) is 10.00 Å². The Kier molecular flexibility index (Phi) is 4.72. The van der Waals surface area contributed by atoms with Crippen molar-refractivity contribution in [3.05, 3.63) is 47.9 Å². The maximum atomic E-state index is 9.01. The van der Waals surface area contributed by atoms with Crippen molar-refractivity contribution in [2.45, 2.75) is 31.7 Å². The second-order valence-electron chi connectivity index (χ2n) is 5.75. The third-order valence-electron chi connectivity index (χ3n) is 4.29. The average Bonchev–Trinajstić information content (AvgIpc) is 2.63. The van der Waals surface area contributed by atoms with Gasteiger partial charge in [-0.3, -0.25) is 0 Å². The van der Waals surface area contributed by atoms with Gasteiger partial charge < -0.3 is 9.64 Å². The van der Waals surface area contributed by atoms with Gasteiger partial charge in [0.05, 0.1) is 7.11 Å². The van der Waals surface area contributed by atoms with E-state index in [0.717, 1.165) is 37.4 Å². The molecule has 118 valence electrons. The van der Waals surface area contributed by atoms with E-state index in [0.29, 0.717) is 6.04 Å². The van der Waals surface area contributed by atoms with Crippen LogP contribution < -0.4 is 9.64 Å². The van der Waals surface area contributed by atoms with E-state index in [1.165, 1.54) is 12.0 Å². The highest BCUT2D eigenvalue weighted by atomic mass is 16.5. The monoisotopic (exact) mass is 308 g/mol. The van der Waals surface area contributed by atoms with Crippen LogP contribution in [0.1, 0.15) is 30.7 Å². The SMILES string of the molecule is COc1ccc(CC2CCCCN2c2ccnc(C#N)n2)cc1. The number of anilines is 1. The molecular formula is C18H20N4O. The lowest BCUT2D eigenvalue weighted by Crippen LogP contribution is -2.41. The summed E-state index contributed by atoms with van der Waals surface area (Å²) in [5, 5.41) is 9.01. The van der Waals surface area contributed by atoms with Crippen LogP contribution in [-0.2, 0) is 6.42 Å². The molecule has 1 aromatic carbocycles. The fraction of sp³-hybridized carbons (Fsp3) is 0.389. The lowest BCUT2D eigenvalue weighted by Gasteiger charge is -2.36. The van der Waals surface area contributed by atoms with Crippen molar-refractivity contribution in [1.82, 2.24) is 9.97 Å². The Balaban J connectivity index is 1.79. The summed E-state index contributed by atoms with van der Waals surface area (Å²) in [5.41, 5.74) is 1.29. The largest absolute Gasteiger partial charge is 0.497 e. The van der Waals surface area contributed by atoms with Gasteiger partial charge in [-0.1, -0.05) is 12.1 Å². The number of hydrogen-bond acceptors (Lipinski definition) is 5. The molecule has 23 heavy (non-hydrogen) atoms. The molecule has 2 aromatic rings. The number of benzene rings is 1. The lowest BCUT2D eigenvalue weighted by atomic mass is 9.95. The molecule has 2 heterocycles. The lowest BCUT2D eigenvalue weighted by molar-refractivity contribution is 0.414. The molecule has 3 rings (SSSR count). The van der Waals surface area contributed by atoms with Gasteiger partial charge >= 0.3 is 0 Å². The topological polar surface area (TPSA) is 62.0 Å². The van der Waals surface area contributed by atoms with E-state index in [1.807, 2.05) is 24.3 Å². The number of nitrogens with zero attached hydrogens (tertiary/aromatic N) is 4. The van der Waals surface area contributed by atoms with Crippen LogP contribution in [0, 0.1) is 11.3 Å². The molecule has 0 amide bonds. The van der Waals surface area contributed by atoms with Gasteiger partial charge in [-0.25, -0.2) is 9.97 Å². The Morgan fingerprint density at radius 1 is 1.26 bits per heavy atom. The summed E-state index contributed by atoms with van der Waals surface area (Å²) in [7, 11) is 1.68. The van der Waals surface area contributed by atoms with E-state index in [1.54, 1.807) is 13.3 Å². The van der Waals surface area contributed by atoms with Gasteiger partial charge in [0.1, 0.15) is 17.6 Å². The van der Waals surface area contributed by atoms with Crippen LogP contribution in [0.3, 0.4) is 0 Å². The van der Waals surface area contributed by atoms with Crippen LogP contribution in [0.5, 0.6) is 5.75 Å². The Labute approximate surface area is 136 Å². The summed E-state index contributed by atoms with van der Waals surface area (Å²) in [4.78, 5) is 10.7. The highest BCUT2D eigenvalue weighted by Crippen LogP contribution is 2.26. The number of rotatable bonds is 4. The minimum absolute atomic E-state index is 0.233. The highest BCUT2D eigenvalue weighted by molar-refractivity contribution is 5.41. The molecule has 0 aliphatic carbocycles. The van der Waals surface area contributed by atoms with Crippen molar-refractivity contribution in [3.63, 3.8) is 0 Å². The summed E-state index contributed by atoms with van der Waals surface area (Å²) < 4.78 is 5.22. The molecule has 1 aliphatic rings. The Bertz CT molecular complexity index is 693. The maximum absolute atomic E-state index is 9.01. The number of aromatic nitrogens is 2. The number of ether oxygens (including phenoxy) is 1. The van der Waals surface area contributed by atoms with Gasteiger partial charge in [-0.2, -0.15) is 5.26 Å². The zero-order valence-corrected chi connectivity index (χ0v) is 13.3. The third-order valence-corrected chi connectivity index (χ3v) is 4.29. The molecule has 1 atom stereocenters. The first-order valence-corrected chi connectivity index (χ1v) is 7.93. The maximum Gasteiger partial charge on any atom is 0.234 e. The van der Waals surface area contributed by atoms with E-state index < -0.39 is 0 Å². The van der Waals surface area contributed by atoms with E-state index >= 15 is 0 Å². The fourth-order valence-electron chi connectivity index (χ4n) is 3.11. The van der Waals surface area contributed by atoms with Crippen molar-refractivity contribution < 1.29 is 4.74 Å². The molecule has 1 saturated heterocycles. The molecule has 0 N–H and O–H groups in total. The summed E-state index contributed by atoms with van der Waals surface area (Å²) in [6, 6.07) is 12.6. The highest BCUT2D eigenvalue weighted by Gasteiger charge is 2.24. The Morgan fingerprint density at radius 2 is 2.09 bits per heavy atom. The third kappa shape index (κ3) is 3.59. The van der Waals surface area contributed by atoms with Crippen LogP contribution in [0.15, 0.2) is 36.5 Å². The minimum Gasteiger partial charge on any atom is -0.497 e. The van der Waals surface area contributed by atoms with Crippen molar-refractivity contribution in [2.75, 3.05) is 18.6 Å². The molecule has 0 spiro atoms. The average molecular weight is 308 g/mol. The van der Waals surface area contributed by atoms with Crippen molar-refractivity contribution in [3.8, 4) is 11.8 Å². The van der Waals surface area contributed by atoms with Crippen LogP contribution in [0.4, 0.5) is 5.82 Å². The molecule has 1 fully saturated rings. The van der Waals surface area contributed by atoms with Crippen molar-refractivity contribution in [1.29, 1.82) is 5.26 Å². The van der Waals surface area contributed by atoms with Gasteiger partial charge in [0, 0.05) is 18.8 Å². The smallest absolute Gasteiger partial charge is 0.234 e. The van der Waals surface area contributed by atoms with Gasteiger partial charge in [-0.05, 0) is 49.4 Å². The minimum atomic E-state index is 0.233. The van der Waals surface area contributed by atoms with Crippen molar-refractivity contribution in [2.24, 2.45) is 0 Å². The number of hydrogen-bond donors (Lipinski definition) is 0. The first-order chi connectivity index (χ1) is 11.3. The number of nitriles is 1. The summed E-state index contributed by atoms with van der Waals surface area (Å²) in [5.74, 6) is 1.97. The molecule has 0 saturated carbocycles. The molecule has 5 heteroatoms.